The highest BCUT2D eigenvalue weighted by Crippen LogP contribution is 2.46. The molecule has 1 aromatic heterocycles. The van der Waals surface area contributed by atoms with Gasteiger partial charge in [-0.25, -0.2) is 4.57 Å². The van der Waals surface area contributed by atoms with E-state index in [2.05, 4.69) is 32.0 Å². The predicted molar refractivity (Wildman–Crippen MR) is 106 cm³/mol. The van der Waals surface area contributed by atoms with Crippen molar-refractivity contribution in [2.45, 2.75) is 79.1 Å². The van der Waals surface area contributed by atoms with Crippen LogP contribution >= 0.6 is 7.29 Å². The summed E-state index contributed by atoms with van der Waals surface area (Å²) in [6.07, 6.45) is 15.5. The Hall–Kier alpha value is -0.620. The Kier molecular flexibility index (Phi) is 10.6. The minimum atomic E-state index is -2.38. The van der Waals surface area contributed by atoms with Crippen molar-refractivity contribution in [1.82, 2.24) is 0 Å². The molecule has 3 heteroatoms. The maximum atomic E-state index is 14.0. The molecule has 1 aromatic rings. The molecule has 0 saturated heterocycles. The SMILES string of the molecule is CCCCC(CC)CP(=O)(CC(CC)CCCC)[n+]1ccccc1. The third kappa shape index (κ3) is 7.09. The number of unbranched alkanes of at least 4 members (excludes halogenated alkanes) is 2. The van der Waals surface area contributed by atoms with Gasteiger partial charge in [-0.2, -0.15) is 4.34 Å². The number of hydrogen-bond acceptors (Lipinski definition) is 1. The van der Waals surface area contributed by atoms with Gasteiger partial charge in [-0.1, -0.05) is 72.3 Å². The van der Waals surface area contributed by atoms with Gasteiger partial charge in [0.2, 0.25) is 0 Å². The van der Waals surface area contributed by atoms with Gasteiger partial charge in [0.05, 0.1) is 12.3 Å². The molecule has 138 valence electrons. The summed E-state index contributed by atoms with van der Waals surface area (Å²) in [6, 6.07) is 6.06. The van der Waals surface area contributed by atoms with Gasteiger partial charge in [-0.15, -0.1) is 0 Å². The second-order valence-corrected chi connectivity index (χ2v) is 10.2. The van der Waals surface area contributed by atoms with Crippen molar-refractivity contribution >= 4 is 7.29 Å². The fourth-order valence-corrected chi connectivity index (χ4v) is 7.20. The average molecular weight is 353 g/mol. The molecule has 1 rings (SSSR count). The minimum absolute atomic E-state index is 0.590. The smallest absolute Gasteiger partial charge is 0.248 e. The van der Waals surface area contributed by atoms with Crippen LogP contribution in [0.1, 0.15) is 79.1 Å². The first kappa shape index (κ1) is 21.4. The Balaban J connectivity index is 2.96. The van der Waals surface area contributed by atoms with E-state index in [0.717, 1.165) is 25.2 Å². The lowest BCUT2D eigenvalue weighted by molar-refractivity contribution is -0.520. The molecule has 0 fully saturated rings. The summed E-state index contributed by atoms with van der Waals surface area (Å²) in [5.74, 6) is 1.18. The van der Waals surface area contributed by atoms with E-state index in [1.165, 1.54) is 38.5 Å². The Bertz CT molecular complexity index is 452. The van der Waals surface area contributed by atoms with E-state index in [9.17, 15) is 4.57 Å². The Morgan fingerprint density at radius 3 is 1.62 bits per heavy atom. The average Bonchev–Trinajstić information content (AvgIpc) is 2.62. The molecule has 2 nitrogen and oxygen atoms in total. The monoisotopic (exact) mass is 352 g/mol. The molecule has 0 bridgehead atoms. The molecule has 24 heavy (non-hydrogen) atoms. The van der Waals surface area contributed by atoms with Gasteiger partial charge >= 0.3 is 7.29 Å². The van der Waals surface area contributed by atoms with Crippen LogP contribution in [-0.4, -0.2) is 12.3 Å². The minimum Gasteiger partial charge on any atom is -0.248 e. The molecule has 0 aromatic carbocycles. The molecule has 0 N–H and O–H groups in total. The van der Waals surface area contributed by atoms with Gasteiger partial charge in [0.25, 0.3) is 0 Å². The summed E-state index contributed by atoms with van der Waals surface area (Å²) in [7, 11) is -2.38. The molecule has 0 spiro atoms. The molecule has 0 radical (unpaired) electrons. The molecule has 0 aliphatic rings. The standard InChI is InChI=1S/C21H39NOP/c1-5-9-14-20(7-3)18-24(23,22-16-12-11-13-17-22)19-21(8-4)15-10-6-2/h11-13,16-17,20-21H,5-10,14-15,18-19H2,1-4H3/q+1. The van der Waals surface area contributed by atoms with E-state index in [0.29, 0.717) is 11.8 Å². The van der Waals surface area contributed by atoms with Crippen molar-refractivity contribution in [2.24, 2.45) is 11.8 Å². The topological polar surface area (TPSA) is 20.9 Å². The first-order valence-electron chi connectivity index (χ1n) is 10.1. The summed E-state index contributed by atoms with van der Waals surface area (Å²) in [5, 5.41) is 0. The summed E-state index contributed by atoms with van der Waals surface area (Å²) in [5.41, 5.74) is 0. The normalized spacial score (nSPS) is 16.5. The van der Waals surface area contributed by atoms with Crippen molar-refractivity contribution in [3.8, 4) is 0 Å². The van der Waals surface area contributed by atoms with Crippen LogP contribution in [0.15, 0.2) is 30.6 Å². The second-order valence-electron chi connectivity index (χ2n) is 7.30. The molecule has 0 aliphatic heterocycles. The van der Waals surface area contributed by atoms with Crippen LogP contribution in [-0.2, 0) is 4.57 Å². The lowest BCUT2D eigenvalue weighted by Crippen LogP contribution is -2.36. The highest BCUT2D eigenvalue weighted by Gasteiger charge is 2.37. The van der Waals surface area contributed by atoms with Crippen molar-refractivity contribution < 1.29 is 8.90 Å². The molecule has 1 heterocycles. The van der Waals surface area contributed by atoms with Crippen molar-refractivity contribution in [3.05, 3.63) is 30.6 Å². The van der Waals surface area contributed by atoms with Crippen LogP contribution < -0.4 is 4.34 Å². The third-order valence-corrected chi connectivity index (χ3v) is 8.58. The van der Waals surface area contributed by atoms with Gasteiger partial charge < -0.3 is 0 Å². The number of rotatable bonds is 13. The van der Waals surface area contributed by atoms with Gasteiger partial charge in [-0.3, -0.25) is 0 Å². The van der Waals surface area contributed by atoms with Crippen LogP contribution in [0.4, 0.5) is 0 Å². The maximum absolute atomic E-state index is 14.0. The largest absolute Gasteiger partial charge is 0.321 e. The van der Waals surface area contributed by atoms with Gasteiger partial charge in [0.1, 0.15) is 0 Å². The van der Waals surface area contributed by atoms with Crippen molar-refractivity contribution in [3.63, 3.8) is 0 Å². The zero-order chi connectivity index (χ0) is 17.8. The summed E-state index contributed by atoms with van der Waals surface area (Å²) < 4.78 is 16.1. The number of hydrogen-bond donors (Lipinski definition) is 0. The first-order chi connectivity index (χ1) is 11.6. The van der Waals surface area contributed by atoms with E-state index >= 15 is 0 Å². The fourth-order valence-electron chi connectivity index (χ4n) is 3.54. The first-order valence-corrected chi connectivity index (χ1v) is 12.2. The van der Waals surface area contributed by atoms with Crippen LogP contribution in [0.3, 0.4) is 0 Å². The third-order valence-electron chi connectivity index (χ3n) is 5.29. The Labute approximate surface area is 150 Å². The van der Waals surface area contributed by atoms with Crippen LogP contribution in [0.25, 0.3) is 0 Å². The summed E-state index contributed by atoms with van der Waals surface area (Å²) >= 11 is 0. The quantitative estimate of drug-likeness (QED) is 0.370. The zero-order valence-electron chi connectivity index (χ0n) is 16.4. The van der Waals surface area contributed by atoms with Crippen LogP contribution in [0, 0.1) is 11.8 Å². The molecular weight excluding hydrogens is 313 g/mol. The van der Waals surface area contributed by atoms with Gasteiger partial charge in [0.15, 0.2) is 12.4 Å². The van der Waals surface area contributed by atoms with Crippen LogP contribution in [0.2, 0.25) is 0 Å². The molecule has 0 aliphatic carbocycles. The number of pyridine rings is 1. The number of aromatic nitrogens is 1. The van der Waals surface area contributed by atoms with E-state index in [-0.39, 0.29) is 0 Å². The maximum Gasteiger partial charge on any atom is 0.321 e. The van der Waals surface area contributed by atoms with E-state index < -0.39 is 7.29 Å². The Morgan fingerprint density at radius 1 is 0.792 bits per heavy atom. The van der Waals surface area contributed by atoms with E-state index in [1.54, 1.807) is 0 Å². The molecular formula is C21H39NOP+. The second kappa shape index (κ2) is 11.9. The lowest BCUT2D eigenvalue weighted by atomic mass is 10.0. The van der Waals surface area contributed by atoms with E-state index in [1.807, 2.05) is 30.6 Å². The molecule has 0 saturated carbocycles. The van der Waals surface area contributed by atoms with Crippen molar-refractivity contribution in [1.29, 1.82) is 0 Å². The molecule has 2 atom stereocenters. The zero-order valence-corrected chi connectivity index (χ0v) is 17.3. The highest BCUT2D eigenvalue weighted by molar-refractivity contribution is 7.57. The molecule has 2 unspecified atom stereocenters. The fraction of sp³-hybridized carbons (Fsp3) is 0.762. The molecule has 0 amide bonds. The number of nitrogens with zero attached hydrogens (tertiary/aromatic N) is 1. The van der Waals surface area contributed by atoms with Crippen LogP contribution in [0.5, 0.6) is 0 Å². The van der Waals surface area contributed by atoms with Crippen molar-refractivity contribution in [2.75, 3.05) is 12.3 Å². The van der Waals surface area contributed by atoms with Gasteiger partial charge in [0, 0.05) is 12.1 Å². The highest BCUT2D eigenvalue weighted by atomic mass is 31.2. The van der Waals surface area contributed by atoms with Gasteiger partial charge in [-0.05, 0) is 24.7 Å². The predicted octanol–water partition coefficient (Wildman–Crippen LogP) is 6.53. The summed E-state index contributed by atoms with van der Waals surface area (Å²) in [4.78, 5) is 0. The Morgan fingerprint density at radius 2 is 1.25 bits per heavy atom. The van der Waals surface area contributed by atoms with E-state index in [4.69, 9.17) is 0 Å². The summed E-state index contributed by atoms with van der Waals surface area (Å²) in [6.45, 7) is 9.01. The lowest BCUT2D eigenvalue weighted by Gasteiger charge is -2.23.